The Bertz CT molecular complexity index is 472. The first-order valence-corrected chi connectivity index (χ1v) is 7.05. The van der Waals surface area contributed by atoms with E-state index < -0.39 is 0 Å². The van der Waals surface area contributed by atoms with E-state index in [1.165, 1.54) is 0 Å². The van der Waals surface area contributed by atoms with E-state index in [0.29, 0.717) is 50.6 Å². The third kappa shape index (κ3) is 4.04. The molecule has 7 heteroatoms. The molecule has 2 rings (SSSR count). The van der Waals surface area contributed by atoms with E-state index in [-0.39, 0.29) is 11.8 Å². The van der Waals surface area contributed by atoms with Gasteiger partial charge in [-0.05, 0) is 6.42 Å². The molecule has 0 unspecified atom stereocenters. The molecule has 0 radical (unpaired) electrons. The first kappa shape index (κ1) is 14.5. The van der Waals surface area contributed by atoms with Crippen LogP contribution in [0.2, 0.25) is 0 Å². The van der Waals surface area contributed by atoms with Gasteiger partial charge in [-0.15, -0.1) is 0 Å². The molecule has 0 saturated carbocycles. The Hall–Kier alpha value is -1.92. The number of aromatic nitrogens is 2. The third-order valence-electron chi connectivity index (χ3n) is 3.20. The Balaban J connectivity index is 1.80. The van der Waals surface area contributed by atoms with Crippen molar-refractivity contribution in [2.75, 3.05) is 19.6 Å². The van der Waals surface area contributed by atoms with Crippen LogP contribution >= 0.6 is 0 Å². The number of hydrogen-bond donors (Lipinski definition) is 1. The van der Waals surface area contributed by atoms with Crippen molar-refractivity contribution in [3.8, 4) is 0 Å². The van der Waals surface area contributed by atoms with Crippen LogP contribution in [0.4, 0.5) is 0 Å². The molecular weight excluding hydrogens is 260 g/mol. The van der Waals surface area contributed by atoms with Gasteiger partial charge in [-0.3, -0.25) is 9.59 Å². The number of amides is 2. The van der Waals surface area contributed by atoms with Gasteiger partial charge in [0.05, 0.1) is 0 Å². The number of aryl methyl sites for hydroxylation is 2. The molecule has 0 bridgehead atoms. The van der Waals surface area contributed by atoms with Crippen molar-refractivity contribution in [2.45, 2.75) is 39.0 Å². The van der Waals surface area contributed by atoms with Crippen LogP contribution in [-0.4, -0.2) is 46.5 Å². The van der Waals surface area contributed by atoms with Crippen LogP contribution < -0.4 is 5.32 Å². The van der Waals surface area contributed by atoms with E-state index in [2.05, 4.69) is 15.5 Å². The lowest BCUT2D eigenvalue weighted by Crippen LogP contribution is -2.34. The van der Waals surface area contributed by atoms with Gasteiger partial charge in [0.2, 0.25) is 17.7 Å². The highest BCUT2D eigenvalue weighted by Crippen LogP contribution is 2.06. The first-order valence-electron chi connectivity index (χ1n) is 7.05. The van der Waals surface area contributed by atoms with Crippen LogP contribution in [0.3, 0.4) is 0 Å². The number of carbonyl (C=O) groups excluding carboxylic acids is 2. The summed E-state index contributed by atoms with van der Waals surface area (Å²) in [5.41, 5.74) is 0. The Kier molecular flexibility index (Phi) is 5.09. The number of hydrogen-bond acceptors (Lipinski definition) is 5. The largest absolute Gasteiger partial charge is 0.354 e. The van der Waals surface area contributed by atoms with Crippen LogP contribution in [0, 0.1) is 0 Å². The Morgan fingerprint density at radius 2 is 2.25 bits per heavy atom. The maximum atomic E-state index is 12.1. The van der Waals surface area contributed by atoms with Gasteiger partial charge in [-0.2, -0.15) is 4.98 Å². The minimum atomic E-state index is 0.00130. The maximum absolute atomic E-state index is 12.1. The zero-order valence-corrected chi connectivity index (χ0v) is 11.7. The molecule has 0 spiro atoms. The van der Waals surface area contributed by atoms with E-state index >= 15 is 0 Å². The van der Waals surface area contributed by atoms with Crippen molar-refractivity contribution in [3.05, 3.63) is 11.7 Å². The lowest BCUT2D eigenvalue weighted by Gasteiger charge is -2.18. The topological polar surface area (TPSA) is 88.3 Å². The summed E-state index contributed by atoms with van der Waals surface area (Å²) in [6, 6.07) is 0. The Labute approximate surface area is 117 Å². The molecule has 2 heterocycles. The number of nitrogens with one attached hydrogen (secondary N) is 1. The van der Waals surface area contributed by atoms with Crippen molar-refractivity contribution < 1.29 is 14.1 Å². The van der Waals surface area contributed by atoms with Gasteiger partial charge in [0.25, 0.3) is 0 Å². The summed E-state index contributed by atoms with van der Waals surface area (Å²) in [6.45, 7) is 3.62. The van der Waals surface area contributed by atoms with Gasteiger partial charge < -0.3 is 14.7 Å². The summed E-state index contributed by atoms with van der Waals surface area (Å²) in [4.78, 5) is 29.2. The standard InChI is InChI=1S/C13H20N4O3/c1-2-3-10-15-12(20-16-10)4-5-13(19)17-8-6-11(18)14-7-9-17/h2-9H2,1H3,(H,14,18). The summed E-state index contributed by atoms with van der Waals surface area (Å²) in [6.07, 6.45) is 2.91. The van der Waals surface area contributed by atoms with E-state index in [1.807, 2.05) is 6.92 Å². The molecule has 1 aromatic rings. The molecule has 7 nitrogen and oxygen atoms in total. The van der Waals surface area contributed by atoms with Crippen LogP contribution in [0.5, 0.6) is 0 Å². The summed E-state index contributed by atoms with van der Waals surface area (Å²) in [7, 11) is 0. The summed E-state index contributed by atoms with van der Waals surface area (Å²) < 4.78 is 5.10. The molecule has 0 aromatic carbocycles. The zero-order chi connectivity index (χ0) is 14.4. The van der Waals surface area contributed by atoms with E-state index in [0.717, 1.165) is 12.8 Å². The van der Waals surface area contributed by atoms with E-state index in [4.69, 9.17) is 4.52 Å². The molecule has 110 valence electrons. The maximum Gasteiger partial charge on any atom is 0.227 e. The number of nitrogens with zero attached hydrogens (tertiary/aromatic N) is 3. The number of carbonyl (C=O) groups is 2. The fourth-order valence-electron chi connectivity index (χ4n) is 2.11. The third-order valence-corrected chi connectivity index (χ3v) is 3.20. The van der Waals surface area contributed by atoms with Gasteiger partial charge >= 0.3 is 0 Å². The van der Waals surface area contributed by atoms with Crippen molar-refractivity contribution >= 4 is 11.8 Å². The van der Waals surface area contributed by atoms with Crippen molar-refractivity contribution in [1.29, 1.82) is 0 Å². The van der Waals surface area contributed by atoms with Gasteiger partial charge in [0.15, 0.2) is 5.82 Å². The molecule has 1 aliphatic heterocycles. The highest BCUT2D eigenvalue weighted by atomic mass is 16.5. The van der Waals surface area contributed by atoms with Gasteiger partial charge in [0, 0.05) is 45.3 Å². The second-order valence-electron chi connectivity index (χ2n) is 4.84. The molecule has 1 N–H and O–H groups in total. The molecule has 0 atom stereocenters. The Morgan fingerprint density at radius 1 is 1.40 bits per heavy atom. The first-order chi connectivity index (χ1) is 9.69. The molecule has 1 fully saturated rings. The molecule has 1 aromatic heterocycles. The minimum Gasteiger partial charge on any atom is -0.354 e. The zero-order valence-electron chi connectivity index (χ0n) is 11.7. The van der Waals surface area contributed by atoms with Crippen LogP contribution in [0.25, 0.3) is 0 Å². The summed E-state index contributed by atoms with van der Waals surface area (Å²) in [5, 5.41) is 6.60. The highest BCUT2D eigenvalue weighted by Gasteiger charge is 2.19. The SMILES string of the molecule is CCCc1noc(CCC(=O)N2CCNC(=O)CC2)n1. The average Bonchev–Trinajstić information content (AvgIpc) is 2.76. The van der Waals surface area contributed by atoms with Crippen LogP contribution in [0.15, 0.2) is 4.52 Å². The average molecular weight is 280 g/mol. The fraction of sp³-hybridized carbons (Fsp3) is 0.692. The van der Waals surface area contributed by atoms with Crippen molar-refractivity contribution in [3.63, 3.8) is 0 Å². The normalized spacial score (nSPS) is 15.8. The van der Waals surface area contributed by atoms with Gasteiger partial charge in [-0.25, -0.2) is 0 Å². The van der Waals surface area contributed by atoms with Gasteiger partial charge in [0.1, 0.15) is 0 Å². The molecule has 1 saturated heterocycles. The van der Waals surface area contributed by atoms with Gasteiger partial charge in [-0.1, -0.05) is 12.1 Å². The molecule has 0 aliphatic carbocycles. The van der Waals surface area contributed by atoms with Crippen LogP contribution in [-0.2, 0) is 22.4 Å². The quantitative estimate of drug-likeness (QED) is 0.838. The second kappa shape index (κ2) is 7.02. The fourth-order valence-corrected chi connectivity index (χ4v) is 2.11. The highest BCUT2D eigenvalue weighted by molar-refractivity contribution is 5.80. The molecular formula is C13H20N4O3. The van der Waals surface area contributed by atoms with Crippen molar-refractivity contribution in [1.82, 2.24) is 20.4 Å². The lowest BCUT2D eigenvalue weighted by atomic mass is 10.2. The smallest absolute Gasteiger partial charge is 0.227 e. The molecule has 20 heavy (non-hydrogen) atoms. The van der Waals surface area contributed by atoms with Crippen molar-refractivity contribution in [2.24, 2.45) is 0 Å². The monoisotopic (exact) mass is 280 g/mol. The van der Waals surface area contributed by atoms with Crippen LogP contribution in [0.1, 0.15) is 37.9 Å². The van der Waals surface area contributed by atoms with E-state index in [1.54, 1.807) is 4.90 Å². The minimum absolute atomic E-state index is 0.00130. The second-order valence-corrected chi connectivity index (χ2v) is 4.84. The molecule has 1 aliphatic rings. The molecule has 2 amide bonds. The predicted molar refractivity (Wildman–Crippen MR) is 70.8 cm³/mol. The predicted octanol–water partition coefficient (Wildman–Crippen LogP) is 0.303. The van der Waals surface area contributed by atoms with E-state index in [9.17, 15) is 9.59 Å². The Morgan fingerprint density at radius 3 is 3.05 bits per heavy atom. The number of rotatable bonds is 5. The summed E-state index contributed by atoms with van der Waals surface area (Å²) >= 11 is 0. The lowest BCUT2D eigenvalue weighted by molar-refractivity contribution is -0.131. The summed E-state index contributed by atoms with van der Waals surface area (Å²) in [5.74, 6) is 1.23.